The van der Waals surface area contributed by atoms with E-state index in [2.05, 4.69) is 10.3 Å². The summed E-state index contributed by atoms with van der Waals surface area (Å²) in [5.41, 5.74) is 5.16. The van der Waals surface area contributed by atoms with E-state index < -0.39 is 11.5 Å². The third kappa shape index (κ3) is 2.23. The summed E-state index contributed by atoms with van der Waals surface area (Å²) in [6.45, 7) is 5.40. The maximum Gasteiger partial charge on any atom is 0.259 e. The van der Waals surface area contributed by atoms with Gasteiger partial charge in [0.05, 0.1) is 5.54 Å². The molecule has 2 atom stereocenters. The molecule has 0 fully saturated rings. The molecule has 84 valence electrons. The Bertz CT molecular complexity index is 321. The third-order valence-electron chi connectivity index (χ3n) is 2.76. The van der Waals surface area contributed by atoms with Crippen molar-refractivity contribution in [3.05, 3.63) is 0 Å². The van der Waals surface area contributed by atoms with Gasteiger partial charge in [0.2, 0.25) is 5.91 Å². The van der Waals surface area contributed by atoms with Gasteiger partial charge in [0.15, 0.2) is 0 Å². The lowest BCUT2D eigenvalue weighted by atomic mass is 9.95. The van der Waals surface area contributed by atoms with Crippen LogP contribution in [-0.2, 0) is 9.59 Å². The van der Waals surface area contributed by atoms with E-state index in [1.807, 2.05) is 6.92 Å². The average Bonchev–Trinajstić information content (AvgIpc) is 2.17. The van der Waals surface area contributed by atoms with Gasteiger partial charge in [-0.25, -0.2) is 0 Å². The molecule has 15 heavy (non-hydrogen) atoms. The number of aliphatic imine (C=N–C) groups is 1. The van der Waals surface area contributed by atoms with Gasteiger partial charge in [0.25, 0.3) is 5.91 Å². The molecule has 0 aliphatic carbocycles. The van der Waals surface area contributed by atoms with Gasteiger partial charge < -0.3 is 11.1 Å². The molecule has 5 nitrogen and oxygen atoms in total. The first-order valence-corrected chi connectivity index (χ1v) is 5.15. The minimum absolute atomic E-state index is 0.282. The molecule has 0 saturated carbocycles. The maximum absolute atomic E-state index is 11.5. The van der Waals surface area contributed by atoms with Crippen LogP contribution in [0.1, 0.15) is 33.6 Å². The quantitative estimate of drug-likeness (QED) is 0.654. The minimum atomic E-state index is -0.746. The summed E-state index contributed by atoms with van der Waals surface area (Å²) in [4.78, 5) is 26.9. The van der Waals surface area contributed by atoms with Crippen LogP contribution in [-0.4, -0.2) is 23.2 Å². The van der Waals surface area contributed by atoms with Gasteiger partial charge in [-0.15, -0.1) is 0 Å². The zero-order valence-electron chi connectivity index (χ0n) is 9.33. The molecule has 0 spiro atoms. The van der Waals surface area contributed by atoms with Crippen LogP contribution in [0, 0.1) is 5.92 Å². The molecular formula is C10H17N3O2. The number of hydrogen-bond donors (Lipinski definition) is 2. The van der Waals surface area contributed by atoms with E-state index in [0.717, 1.165) is 0 Å². The summed E-state index contributed by atoms with van der Waals surface area (Å²) in [6, 6.07) is 0. The highest BCUT2D eigenvalue weighted by molar-refractivity contribution is 6.18. The average molecular weight is 211 g/mol. The molecule has 0 aromatic rings. The van der Waals surface area contributed by atoms with Crippen LogP contribution >= 0.6 is 0 Å². The van der Waals surface area contributed by atoms with E-state index in [0.29, 0.717) is 12.8 Å². The Morgan fingerprint density at radius 1 is 1.47 bits per heavy atom. The van der Waals surface area contributed by atoms with Crippen molar-refractivity contribution in [2.24, 2.45) is 16.6 Å². The van der Waals surface area contributed by atoms with E-state index >= 15 is 0 Å². The normalized spacial score (nSPS) is 25.6. The summed E-state index contributed by atoms with van der Waals surface area (Å²) in [7, 11) is 0. The van der Waals surface area contributed by atoms with Gasteiger partial charge in [-0.05, 0) is 19.8 Å². The molecule has 1 rings (SSSR count). The number of amidine groups is 1. The van der Waals surface area contributed by atoms with E-state index in [9.17, 15) is 9.59 Å². The molecule has 0 saturated heterocycles. The second-order valence-electron chi connectivity index (χ2n) is 4.02. The Morgan fingerprint density at radius 2 is 2.07 bits per heavy atom. The van der Waals surface area contributed by atoms with Crippen LogP contribution in [0.5, 0.6) is 0 Å². The number of nitrogens with one attached hydrogen (secondary N) is 1. The van der Waals surface area contributed by atoms with Crippen LogP contribution in [0.15, 0.2) is 4.99 Å². The van der Waals surface area contributed by atoms with Crippen LogP contribution < -0.4 is 11.1 Å². The number of carbonyl (C=O) groups is 2. The lowest BCUT2D eigenvalue weighted by Crippen LogP contribution is -2.57. The molecule has 2 unspecified atom stereocenters. The first kappa shape index (κ1) is 11.8. The molecule has 2 amide bonds. The number of nitrogens with zero attached hydrogens (tertiary/aromatic N) is 1. The van der Waals surface area contributed by atoms with Crippen molar-refractivity contribution in [3.63, 3.8) is 0 Å². The predicted molar refractivity (Wildman–Crippen MR) is 57.2 cm³/mol. The monoisotopic (exact) mass is 211 g/mol. The molecule has 1 aliphatic rings. The zero-order valence-corrected chi connectivity index (χ0v) is 9.33. The molecule has 0 radical (unpaired) electrons. The van der Waals surface area contributed by atoms with Gasteiger partial charge in [0, 0.05) is 0 Å². The first-order chi connectivity index (χ1) is 6.92. The van der Waals surface area contributed by atoms with Crippen molar-refractivity contribution in [2.75, 3.05) is 0 Å². The van der Waals surface area contributed by atoms with E-state index in [-0.39, 0.29) is 17.6 Å². The van der Waals surface area contributed by atoms with Gasteiger partial charge >= 0.3 is 0 Å². The van der Waals surface area contributed by atoms with Gasteiger partial charge in [-0.3, -0.25) is 9.59 Å². The topological polar surface area (TPSA) is 84.6 Å². The molecule has 3 N–H and O–H groups in total. The van der Waals surface area contributed by atoms with E-state index in [1.54, 1.807) is 13.8 Å². The number of rotatable bonds is 3. The number of hydrogen-bond acceptors (Lipinski definition) is 3. The number of amides is 2. The highest BCUT2D eigenvalue weighted by Crippen LogP contribution is 2.15. The Hall–Kier alpha value is -1.23. The Balaban J connectivity index is 2.98. The minimum Gasteiger partial charge on any atom is -0.319 e. The largest absolute Gasteiger partial charge is 0.319 e. The maximum atomic E-state index is 11.5. The molecule has 1 heterocycles. The summed E-state index contributed by atoms with van der Waals surface area (Å²) < 4.78 is 0. The third-order valence-corrected chi connectivity index (χ3v) is 2.76. The highest BCUT2D eigenvalue weighted by atomic mass is 16.2. The van der Waals surface area contributed by atoms with E-state index in [4.69, 9.17) is 5.73 Å². The van der Waals surface area contributed by atoms with Crippen molar-refractivity contribution >= 4 is 17.6 Å². The fraction of sp³-hybridized carbons (Fsp3) is 0.700. The summed E-state index contributed by atoms with van der Waals surface area (Å²) in [6.07, 6.45) is 1.07. The fourth-order valence-electron chi connectivity index (χ4n) is 1.33. The molecular weight excluding hydrogens is 194 g/mol. The standard InChI is InChI=1S/C10H17N3O2/c1-4-6-7(14)12-9(13-8(6)15)10(3,11)5-2/h6H,4-5,11H2,1-3H3,(H,12,13,14,15). The Kier molecular flexibility index (Phi) is 3.24. The number of carbonyl (C=O) groups excluding carboxylic acids is 2. The van der Waals surface area contributed by atoms with Crippen LogP contribution in [0.4, 0.5) is 0 Å². The molecule has 5 heteroatoms. The van der Waals surface area contributed by atoms with Crippen molar-refractivity contribution in [1.82, 2.24) is 5.32 Å². The Labute approximate surface area is 89.1 Å². The molecule has 1 aliphatic heterocycles. The SMILES string of the molecule is CCC1C(=O)N=C(C(C)(N)CC)NC1=O. The van der Waals surface area contributed by atoms with Crippen molar-refractivity contribution < 1.29 is 9.59 Å². The molecule has 0 aromatic carbocycles. The zero-order chi connectivity index (χ0) is 11.6. The van der Waals surface area contributed by atoms with Crippen molar-refractivity contribution in [1.29, 1.82) is 0 Å². The first-order valence-electron chi connectivity index (χ1n) is 5.15. The lowest BCUT2D eigenvalue weighted by Gasteiger charge is -2.29. The second-order valence-corrected chi connectivity index (χ2v) is 4.02. The fourth-order valence-corrected chi connectivity index (χ4v) is 1.33. The molecule has 0 bridgehead atoms. The van der Waals surface area contributed by atoms with Crippen LogP contribution in [0.2, 0.25) is 0 Å². The molecule has 0 aromatic heterocycles. The summed E-state index contributed by atoms with van der Waals surface area (Å²) in [5.74, 6) is -1.05. The van der Waals surface area contributed by atoms with Gasteiger partial charge in [0.1, 0.15) is 11.8 Å². The lowest BCUT2D eigenvalue weighted by molar-refractivity contribution is -0.133. The Morgan fingerprint density at radius 3 is 2.47 bits per heavy atom. The van der Waals surface area contributed by atoms with Crippen molar-refractivity contribution in [3.8, 4) is 0 Å². The predicted octanol–water partition coefficient (Wildman–Crippen LogP) is 0.195. The van der Waals surface area contributed by atoms with Crippen molar-refractivity contribution in [2.45, 2.75) is 39.2 Å². The van der Waals surface area contributed by atoms with Gasteiger partial charge in [-0.1, -0.05) is 13.8 Å². The van der Waals surface area contributed by atoms with Crippen LogP contribution in [0.25, 0.3) is 0 Å². The van der Waals surface area contributed by atoms with Gasteiger partial charge in [-0.2, -0.15) is 4.99 Å². The highest BCUT2D eigenvalue weighted by Gasteiger charge is 2.35. The summed E-state index contributed by atoms with van der Waals surface area (Å²) >= 11 is 0. The smallest absolute Gasteiger partial charge is 0.259 e. The van der Waals surface area contributed by atoms with Crippen LogP contribution in [0.3, 0.4) is 0 Å². The second kappa shape index (κ2) is 4.10. The van der Waals surface area contributed by atoms with E-state index in [1.165, 1.54) is 0 Å². The number of nitrogens with two attached hydrogens (primary N) is 1. The summed E-state index contributed by atoms with van der Waals surface area (Å²) in [5, 5.41) is 2.60.